The van der Waals surface area contributed by atoms with Gasteiger partial charge in [-0.25, -0.2) is 4.98 Å². The number of pyridine rings is 1. The smallest absolute Gasteiger partial charge is 0.257 e. The zero-order chi connectivity index (χ0) is 13.7. The van der Waals surface area contributed by atoms with E-state index in [2.05, 4.69) is 10.3 Å². The Balaban J connectivity index is 2.01. The Morgan fingerprint density at radius 2 is 2.16 bits per heavy atom. The minimum absolute atomic E-state index is 0.0584. The van der Waals surface area contributed by atoms with Gasteiger partial charge in [0.1, 0.15) is 5.82 Å². The molecular weight excluding hydrogens is 238 g/mol. The highest BCUT2D eigenvalue weighted by Gasteiger charge is 2.20. The highest BCUT2D eigenvalue weighted by molar-refractivity contribution is 5.98. The fourth-order valence-electron chi connectivity index (χ4n) is 2.82. The van der Waals surface area contributed by atoms with Crippen LogP contribution in [0.5, 0.6) is 0 Å². The van der Waals surface area contributed by atoms with Gasteiger partial charge in [0.25, 0.3) is 5.91 Å². The van der Waals surface area contributed by atoms with Gasteiger partial charge < -0.3 is 10.2 Å². The maximum absolute atomic E-state index is 12.4. The number of rotatable bonds is 4. The monoisotopic (exact) mass is 261 g/mol. The van der Waals surface area contributed by atoms with Gasteiger partial charge in [0.15, 0.2) is 0 Å². The van der Waals surface area contributed by atoms with Crippen molar-refractivity contribution in [2.24, 2.45) is 5.92 Å². The molecule has 0 bridgehead atoms. The Morgan fingerprint density at radius 3 is 2.84 bits per heavy atom. The first-order chi connectivity index (χ1) is 9.22. The zero-order valence-corrected chi connectivity index (χ0v) is 11.9. The average Bonchev–Trinajstić information content (AvgIpc) is 2.47. The minimum Gasteiger partial charge on any atom is -0.372 e. The van der Waals surface area contributed by atoms with Crippen molar-refractivity contribution in [3.63, 3.8) is 0 Å². The Morgan fingerprint density at radius 1 is 1.42 bits per heavy atom. The Bertz CT molecular complexity index is 427. The van der Waals surface area contributed by atoms with Crippen LogP contribution in [0.3, 0.4) is 0 Å². The minimum atomic E-state index is 0.0584. The number of hydrogen-bond acceptors (Lipinski definition) is 3. The van der Waals surface area contributed by atoms with Gasteiger partial charge in [-0.3, -0.25) is 4.79 Å². The van der Waals surface area contributed by atoms with Gasteiger partial charge in [0.2, 0.25) is 0 Å². The number of carbonyl (C=O) groups excluding carboxylic acids is 1. The molecule has 0 unspecified atom stereocenters. The van der Waals surface area contributed by atoms with Crippen LogP contribution in [0.15, 0.2) is 18.3 Å². The van der Waals surface area contributed by atoms with Crippen molar-refractivity contribution in [3.8, 4) is 0 Å². The number of hydrogen-bond donors (Lipinski definition) is 1. The van der Waals surface area contributed by atoms with Crippen molar-refractivity contribution in [1.82, 2.24) is 9.88 Å². The molecule has 1 aliphatic carbocycles. The number of nitrogens with zero attached hydrogens (tertiary/aromatic N) is 2. The molecule has 1 aromatic rings. The molecule has 0 saturated heterocycles. The molecule has 4 heteroatoms. The third kappa shape index (κ3) is 3.46. The molecule has 0 atom stereocenters. The van der Waals surface area contributed by atoms with E-state index in [1.54, 1.807) is 13.2 Å². The zero-order valence-electron chi connectivity index (χ0n) is 11.9. The van der Waals surface area contributed by atoms with Crippen molar-refractivity contribution in [2.75, 3.05) is 26.0 Å². The lowest BCUT2D eigenvalue weighted by atomic mass is 9.89. The van der Waals surface area contributed by atoms with Gasteiger partial charge in [-0.2, -0.15) is 0 Å². The predicted octanol–water partition coefficient (Wildman–Crippen LogP) is 2.78. The van der Waals surface area contributed by atoms with E-state index in [0.29, 0.717) is 17.3 Å². The van der Waals surface area contributed by atoms with E-state index in [4.69, 9.17) is 0 Å². The summed E-state index contributed by atoms with van der Waals surface area (Å²) in [5.41, 5.74) is 0.656. The number of aromatic nitrogens is 1. The summed E-state index contributed by atoms with van der Waals surface area (Å²) < 4.78 is 0. The molecule has 1 N–H and O–H groups in total. The van der Waals surface area contributed by atoms with E-state index >= 15 is 0 Å². The summed E-state index contributed by atoms with van der Waals surface area (Å²) in [6.45, 7) is 0.858. The molecule has 1 aliphatic rings. The van der Waals surface area contributed by atoms with E-state index in [9.17, 15) is 4.79 Å². The number of carbonyl (C=O) groups is 1. The number of anilines is 1. The van der Waals surface area contributed by atoms with Gasteiger partial charge in [0.05, 0.1) is 5.56 Å². The lowest BCUT2D eigenvalue weighted by Gasteiger charge is -2.27. The van der Waals surface area contributed by atoms with E-state index in [1.807, 2.05) is 24.1 Å². The lowest BCUT2D eigenvalue weighted by Crippen LogP contribution is -2.33. The van der Waals surface area contributed by atoms with Gasteiger partial charge in [-0.15, -0.1) is 0 Å². The largest absolute Gasteiger partial charge is 0.372 e. The molecule has 0 spiro atoms. The molecule has 1 fully saturated rings. The first kappa shape index (κ1) is 13.8. The molecule has 2 rings (SSSR count). The van der Waals surface area contributed by atoms with Crippen LogP contribution in [-0.4, -0.2) is 36.4 Å². The normalized spacial score (nSPS) is 16.1. The van der Waals surface area contributed by atoms with E-state index in [-0.39, 0.29) is 5.91 Å². The molecule has 0 aliphatic heterocycles. The maximum atomic E-state index is 12.4. The maximum Gasteiger partial charge on any atom is 0.257 e. The van der Waals surface area contributed by atoms with Crippen molar-refractivity contribution in [1.29, 1.82) is 0 Å². The molecule has 1 heterocycles. The van der Waals surface area contributed by atoms with Crippen LogP contribution in [0.25, 0.3) is 0 Å². The van der Waals surface area contributed by atoms with E-state index in [1.165, 1.54) is 32.1 Å². The standard InChI is InChI=1S/C15H23N3O/c1-16-14-13(9-6-10-17-14)15(19)18(2)11-12-7-4-3-5-8-12/h6,9-10,12H,3-5,7-8,11H2,1-2H3,(H,16,17). The van der Waals surface area contributed by atoms with Crippen LogP contribution in [0, 0.1) is 5.92 Å². The van der Waals surface area contributed by atoms with Crippen LogP contribution < -0.4 is 5.32 Å². The highest BCUT2D eigenvalue weighted by Crippen LogP contribution is 2.24. The molecule has 1 amide bonds. The Kier molecular flexibility index (Phi) is 4.77. The summed E-state index contributed by atoms with van der Waals surface area (Å²) in [4.78, 5) is 18.5. The van der Waals surface area contributed by atoms with Gasteiger partial charge in [-0.1, -0.05) is 19.3 Å². The third-order valence-electron chi connectivity index (χ3n) is 3.88. The van der Waals surface area contributed by atoms with E-state index < -0.39 is 0 Å². The second-order valence-corrected chi connectivity index (χ2v) is 5.34. The predicted molar refractivity (Wildman–Crippen MR) is 77.3 cm³/mol. The molecule has 1 aromatic heterocycles. The highest BCUT2D eigenvalue weighted by atomic mass is 16.2. The quantitative estimate of drug-likeness (QED) is 0.906. The molecule has 104 valence electrons. The van der Waals surface area contributed by atoms with Crippen LogP contribution in [0.4, 0.5) is 5.82 Å². The van der Waals surface area contributed by atoms with E-state index in [0.717, 1.165) is 6.54 Å². The second kappa shape index (κ2) is 6.55. The summed E-state index contributed by atoms with van der Waals surface area (Å²) in [6.07, 6.45) is 8.17. The summed E-state index contributed by atoms with van der Waals surface area (Å²) in [7, 11) is 3.68. The first-order valence-electron chi connectivity index (χ1n) is 7.10. The molecular formula is C15H23N3O. The van der Waals surface area contributed by atoms with Crippen molar-refractivity contribution < 1.29 is 4.79 Å². The summed E-state index contributed by atoms with van der Waals surface area (Å²) >= 11 is 0. The van der Waals surface area contributed by atoms with Crippen molar-refractivity contribution >= 4 is 11.7 Å². The SMILES string of the molecule is CNc1ncccc1C(=O)N(C)CC1CCCCC1. The first-order valence-corrected chi connectivity index (χ1v) is 7.10. The summed E-state index contributed by atoms with van der Waals surface area (Å²) in [6, 6.07) is 3.64. The Hall–Kier alpha value is -1.58. The lowest BCUT2D eigenvalue weighted by molar-refractivity contribution is 0.0761. The topological polar surface area (TPSA) is 45.2 Å². The van der Waals surface area contributed by atoms with Crippen molar-refractivity contribution in [2.45, 2.75) is 32.1 Å². The fourth-order valence-corrected chi connectivity index (χ4v) is 2.82. The van der Waals surface area contributed by atoms with Gasteiger partial charge in [0, 0.05) is 26.8 Å². The van der Waals surface area contributed by atoms with Crippen molar-refractivity contribution in [3.05, 3.63) is 23.9 Å². The molecule has 0 radical (unpaired) electrons. The fraction of sp³-hybridized carbons (Fsp3) is 0.600. The van der Waals surface area contributed by atoms with Gasteiger partial charge in [-0.05, 0) is 30.9 Å². The third-order valence-corrected chi connectivity index (χ3v) is 3.88. The number of amides is 1. The molecule has 0 aromatic carbocycles. The average molecular weight is 261 g/mol. The second-order valence-electron chi connectivity index (χ2n) is 5.34. The molecule has 1 saturated carbocycles. The molecule has 4 nitrogen and oxygen atoms in total. The molecule has 19 heavy (non-hydrogen) atoms. The van der Waals surface area contributed by atoms with Crippen LogP contribution in [0.2, 0.25) is 0 Å². The van der Waals surface area contributed by atoms with Gasteiger partial charge >= 0.3 is 0 Å². The van der Waals surface area contributed by atoms with Crippen LogP contribution in [0.1, 0.15) is 42.5 Å². The van der Waals surface area contributed by atoms with Crippen LogP contribution in [-0.2, 0) is 0 Å². The number of nitrogens with one attached hydrogen (secondary N) is 1. The Labute approximate surface area is 115 Å². The van der Waals surface area contributed by atoms with Crippen LogP contribution >= 0.6 is 0 Å². The summed E-state index contributed by atoms with van der Waals surface area (Å²) in [5, 5.41) is 2.98. The summed E-state index contributed by atoms with van der Waals surface area (Å²) in [5.74, 6) is 1.38.